The molecule has 1 fully saturated rings. The minimum atomic E-state index is -0.705. The number of ether oxygens (including phenoxy) is 1. The van der Waals surface area contributed by atoms with Crippen LogP contribution >= 0.6 is 0 Å². The van der Waals surface area contributed by atoms with Crippen LogP contribution in [0.15, 0.2) is 60.8 Å². The Labute approximate surface area is 182 Å². The number of carbonyl (C=O) groups excluding carboxylic acids is 1. The molecule has 1 unspecified atom stereocenters. The lowest BCUT2D eigenvalue weighted by atomic mass is 9.90. The highest BCUT2D eigenvalue weighted by Gasteiger charge is 2.23. The zero-order valence-corrected chi connectivity index (χ0v) is 17.7. The van der Waals surface area contributed by atoms with Gasteiger partial charge < -0.3 is 14.7 Å². The fourth-order valence-electron chi connectivity index (χ4n) is 4.24. The lowest BCUT2D eigenvalue weighted by Gasteiger charge is -2.33. The number of benzene rings is 2. The molecule has 1 atom stereocenters. The molecule has 3 aromatic rings. The molecule has 162 valence electrons. The SMILES string of the molecule is O=C(CC(O)CN1CCC(Cc2nncc3ccccc23)CC1)OCc1ccccc1. The molecule has 1 aliphatic rings. The standard InChI is InChI=1S/C25H29N3O3/c29-22(15-25(30)31-18-20-6-2-1-3-7-20)17-28-12-10-19(11-13-28)14-24-23-9-5-4-8-21(23)16-26-27-24/h1-9,16,19,22,29H,10-15,17-18H2. The van der Waals surface area contributed by atoms with Gasteiger partial charge in [-0.05, 0) is 43.8 Å². The maximum atomic E-state index is 12.0. The van der Waals surface area contributed by atoms with Gasteiger partial charge in [-0.25, -0.2) is 0 Å². The number of nitrogens with zero attached hydrogens (tertiary/aromatic N) is 3. The van der Waals surface area contributed by atoms with Gasteiger partial charge in [0.05, 0.1) is 24.4 Å². The fourth-order valence-corrected chi connectivity index (χ4v) is 4.24. The van der Waals surface area contributed by atoms with Crippen LogP contribution in [0.25, 0.3) is 10.8 Å². The van der Waals surface area contributed by atoms with Crippen LogP contribution in [-0.4, -0.2) is 51.9 Å². The summed E-state index contributed by atoms with van der Waals surface area (Å²) in [5.74, 6) is 0.199. The van der Waals surface area contributed by atoms with Gasteiger partial charge in [-0.1, -0.05) is 54.6 Å². The number of carbonyl (C=O) groups is 1. The number of fused-ring (bicyclic) bond motifs is 1. The van der Waals surface area contributed by atoms with Gasteiger partial charge in [-0.3, -0.25) is 4.79 Å². The number of aliphatic hydroxyl groups excluding tert-OH is 1. The second-order valence-electron chi connectivity index (χ2n) is 8.33. The van der Waals surface area contributed by atoms with E-state index >= 15 is 0 Å². The smallest absolute Gasteiger partial charge is 0.308 e. The fraction of sp³-hybridized carbons (Fsp3) is 0.400. The van der Waals surface area contributed by atoms with Crippen LogP contribution in [0, 0.1) is 5.92 Å². The van der Waals surface area contributed by atoms with Crippen LogP contribution in [0.3, 0.4) is 0 Å². The molecule has 0 bridgehead atoms. The highest BCUT2D eigenvalue weighted by Crippen LogP contribution is 2.24. The first-order valence-electron chi connectivity index (χ1n) is 11.0. The Morgan fingerprint density at radius 3 is 2.65 bits per heavy atom. The summed E-state index contributed by atoms with van der Waals surface area (Å²) in [6.45, 7) is 2.58. The summed E-state index contributed by atoms with van der Waals surface area (Å²) >= 11 is 0. The van der Waals surface area contributed by atoms with E-state index in [-0.39, 0.29) is 19.0 Å². The van der Waals surface area contributed by atoms with E-state index in [1.54, 1.807) is 0 Å². The predicted octanol–water partition coefficient (Wildman–Crippen LogP) is 3.38. The van der Waals surface area contributed by atoms with Gasteiger partial charge in [-0.15, -0.1) is 0 Å². The van der Waals surface area contributed by atoms with Crippen molar-refractivity contribution < 1.29 is 14.6 Å². The van der Waals surface area contributed by atoms with Crippen molar-refractivity contribution in [3.05, 3.63) is 72.1 Å². The van der Waals surface area contributed by atoms with Crippen molar-refractivity contribution in [3.8, 4) is 0 Å². The Kier molecular flexibility index (Phi) is 7.22. The molecule has 2 aromatic carbocycles. The van der Waals surface area contributed by atoms with Crippen molar-refractivity contribution in [2.75, 3.05) is 19.6 Å². The topological polar surface area (TPSA) is 75.5 Å². The monoisotopic (exact) mass is 419 g/mol. The molecular formula is C25H29N3O3. The largest absolute Gasteiger partial charge is 0.461 e. The summed E-state index contributed by atoms with van der Waals surface area (Å²) in [7, 11) is 0. The van der Waals surface area contributed by atoms with E-state index in [4.69, 9.17) is 4.74 Å². The maximum absolute atomic E-state index is 12.0. The van der Waals surface area contributed by atoms with Crippen molar-refractivity contribution in [2.24, 2.45) is 5.92 Å². The predicted molar refractivity (Wildman–Crippen MR) is 119 cm³/mol. The number of rotatable bonds is 8. The van der Waals surface area contributed by atoms with Gasteiger partial charge >= 0.3 is 5.97 Å². The zero-order valence-electron chi connectivity index (χ0n) is 17.7. The van der Waals surface area contributed by atoms with Gasteiger partial charge in [0.1, 0.15) is 6.61 Å². The zero-order chi connectivity index (χ0) is 21.5. The third kappa shape index (κ3) is 6.09. The lowest BCUT2D eigenvalue weighted by Crippen LogP contribution is -2.40. The van der Waals surface area contributed by atoms with Crippen LogP contribution in [0.2, 0.25) is 0 Å². The van der Waals surface area contributed by atoms with E-state index in [9.17, 15) is 9.90 Å². The summed E-state index contributed by atoms with van der Waals surface area (Å²) in [6.07, 6.45) is 4.16. The van der Waals surface area contributed by atoms with Crippen molar-refractivity contribution in [2.45, 2.75) is 38.4 Å². The normalized spacial score (nSPS) is 16.3. The summed E-state index contributed by atoms with van der Waals surface area (Å²) in [6, 6.07) is 17.8. The molecule has 6 nitrogen and oxygen atoms in total. The van der Waals surface area contributed by atoms with Gasteiger partial charge in [-0.2, -0.15) is 10.2 Å². The number of piperidine rings is 1. The van der Waals surface area contributed by atoms with Crippen molar-refractivity contribution in [3.63, 3.8) is 0 Å². The van der Waals surface area contributed by atoms with Gasteiger partial charge in [0.15, 0.2) is 0 Å². The van der Waals surface area contributed by atoms with Gasteiger partial charge in [0.2, 0.25) is 0 Å². The van der Waals surface area contributed by atoms with Crippen LogP contribution in [0.1, 0.15) is 30.5 Å². The first-order valence-corrected chi connectivity index (χ1v) is 11.0. The number of hydrogen-bond donors (Lipinski definition) is 1. The molecule has 1 N–H and O–H groups in total. The first-order chi connectivity index (χ1) is 15.2. The second kappa shape index (κ2) is 10.5. The number of aliphatic hydroxyl groups is 1. The Morgan fingerprint density at radius 1 is 1.10 bits per heavy atom. The number of β-amino-alcohol motifs (C(OH)–C–C–N with tert-alkyl or cyclic N) is 1. The number of hydrogen-bond acceptors (Lipinski definition) is 6. The highest BCUT2D eigenvalue weighted by molar-refractivity contribution is 5.83. The first kappa shape index (κ1) is 21.4. The molecule has 1 aliphatic heterocycles. The summed E-state index contributed by atoms with van der Waals surface area (Å²) in [5, 5.41) is 21.2. The Balaban J connectivity index is 1.19. The van der Waals surface area contributed by atoms with Crippen molar-refractivity contribution >= 4 is 16.7 Å². The highest BCUT2D eigenvalue weighted by atomic mass is 16.5. The van der Waals surface area contributed by atoms with E-state index in [0.717, 1.165) is 49.0 Å². The third-order valence-electron chi connectivity index (χ3n) is 5.95. The van der Waals surface area contributed by atoms with Crippen LogP contribution < -0.4 is 0 Å². The summed E-state index contributed by atoms with van der Waals surface area (Å²) in [4.78, 5) is 14.3. The molecule has 31 heavy (non-hydrogen) atoms. The van der Waals surface area contributed by atoms with Crippen LogP contribution in [0.4, 0.5) is 0 Å². The second-order valence-corrected chi connectivity index (χ2v) is 8.33. The minimum absolute atomic E-state index is 0.0261. The molecular weight excluding hydrogens is 390 g/mol. The summed E-state index contributed by atoms with van der Waals surface area (Å²) in [5.41, 5.74) is 2.01. The molecule has 2 heterocycles. The van der Waals surface area contributed by atoms with E-state index in [1.807, 2.05) is 48.7 Å². The molecule has 0 spiro atoms. The summed E-state index contributed by atoms with van der Waals surface area (Å²) < 4.78 is 5.28. The molecule has 1 saturated heterocycles. The van der Waals surface area contributed by atoms with E-state index in [2.05, 4.69) is 27.2 Å². The van der Waals surface area contributed by atoms with E-state index in [0.29, 0.717) is 12.5 Å². The number of aromatic nitrogens is 2. The van der Waals surface area contributed by atoms with Crippen LogP contribution in [-0.2, 0) is 22.6 Å². The molecule has 1 aromatic heterocycles. The third-order valence-corrected chi connectivity index (χ3v) is 5.95. The molecule has 0 saturated carbocycles. The van der Waals surface area contributed by atoms with Crippen LogP contribution in [0.5, 0.6) is 0 Å². The Morgan fingerprint density at radius 2 is 1.84 bits per heavy atom. The molecule has 0 amide bonds. The Hall–Kier alpha value is -2.83. The van der Waals surface area contributed by atoms with E-state index in [1.165, 1.54) is 5.39 Å². The average molecular weight is 420 g/mol. The lowest BCUT2D eigenvalue weighted by molar-refractivity contribution is -0.147. The average Bonchev–Trinajstić information content (AvgIpc) is 2.80. The van der Waals surface area contributed by atoms with Crippen molar-refractivity contribution in [1.29, 1.82) is 0 Å². The van der Waals surface area contributed by atoms with Gasteiger partial charge in [0.25, 0.3) is 0 Å². The number of likely N-dealkylation sites (tertiary alicyclic amines) is 1. The maximum Gasteiger partial charge on any atom is 0.308 e. The molecule has 4 rings (SSSR count). The molecule has 6 heteroatoms. The number of esters is 1. The van der Waals surface area contributed by atoms with Crippen molar-refractivity contribution in [1.82, 2.24) is 15.1 Å². The molecule has 0 radical (unpaired) electrons. The minimum Gasteiger partial charge on any atom is -0.461 e. The Bertz CT molecular complexity index is 982. The molecule has 0 aliphatic carbocycles. The van der Waals surface area contributed by atoms with E-state index < -0.39 is 6.10 Å². The quantitative estimate of drug-likeness (QED) is 0.564. The van der Waals surface area contributed by atoms with Gasteiger partial charge in [0, 0.05) is 17.3 Å².